The predicted molar refractivity (Wildman–Crippen MR) is 76.2 cm³/mol. The topological polar surface area (TPSA) is 57.2 Å². The van der Waals surface area contributed by atoms with Crippen molar-refractivity contribution in [2.45, 2.75) is 13.5 Å². The molecule has 0 amide bonds. The molecule has 0 unspecified atom stereocenters. The average molecular weight is 258 g/mol. The zero-order valence-corrected chi connectivity index (χ0v) is 11.2. The summed E-state index contributed by atoms with van der Waals surface area (Å²) in [6.07, 6.45) is 0. The molecule has 0 radical (unpaired) electrons. The van der Waals surface area contributed by atoms with Gasteiger partial charge in [-0.2, -0.15) is 0 Å². The molecular formula is C15H18N2O2. The number of benzene rings is 1. The minimum Gasteiger partial charge on any atom is -0.494 e. The smallest absolute Gasteiger partial charge is 0.255 e. The molecule has 0 bridgehead atoms. The Morgan fingerprint density at radius 1 is 1.26 bits per heavy atom. The first-order valence-corrected chi connectivity index (χ1v) is 6.29. The summed E-state index contributed by atoms with van der Waals surface area (Å²) in [5, 5.41) is 0. The van der Waals surface area contributed by atoms with Gasteiger partial charge >= 0.3 is 0 Å². The molecule has 0 fully saturated rings. The number of nitrogens with two attached hydrogens (primary N) is 1. The van der Waals surface area contributed by atoms with Crippen LogP contribution in [-0.2, 0) is 13.6 Å². The van der Waals surface area contributed by atoms with E-state index < -0.39 is 0 Å². The average Bonchev–Trinajstić information content (AvgIpc) is 2.42. The third kappa shape index (κ3) is 2.69. The van der Waals surface area contributed by atoms with Crippen molar-refractivity contribution in [3.63, 3.8) is 0 Å². The number of nitrogens with zero attached hydrogens (tertiary/aromatic N) is 1. The Balaban J connectivity index is 2.50. The first-order valence-electron chi connectivity index (χ1n) is 6.29. The monoisotopic (exact) mass is 258 g/mol. The molecule has 2 aromatic rings. The SMILES string of the molecule is CCOc1cccc(-c2ccc(CN)c(=O)n2C)c1. The van der Waals surface area contributed by atoms with E-state index in [9.17, 15) is 4.79 Å². The Kier molecular flexibility index (Phi) is 4.02. The number of hydrogen-bond acceptors (Lipinski definition) is 3. The standard InChI is InChI=1S/C15H18N2O2/c1-3-19-13-6-4-5-11(9-13)14-8-7-12(10-16)15(18)17(14)2/h4-9H,3,10,16H2,1-2H3. The first-order chi connectivity index (χ1) is 9.17. The quantitative estimate of drug-likeness (QED) is 0.911. The van der Waals surface area contributed by atoms with Crippen LogP contribution in [0.4, 0.5) is 0 Å². The van der Waals surface area contributed by atoms with Crippen LogP contribution in [-0.4, -0.2) is 11.2 Å². The molecule has 2 N–H and O–H groups in total. The van der Waals surface area contributed by atoms with E-state index in [-0.39, 0.29) is 12.1 Å². The highest BCUT2D eigenvalue weighted by atomic mass is 16.5. The van der Waals surface area contributed by atoms with Gasteiger partial charge in [-0.1, -0.05) is 18.2 Å². The van der Waals surface area contributed by atoms with Crippen molar-refractivity contribution in [2.24, 2.45) is 12.8 Å². The number of hydrogen-bond donors (Lipinski definition) is 1. The molecule has 2 rings (SSSR count). The van der Waals surface area contributed by atoms with Crippen molar-refractivity contribution in [1.82, 2.24) is 4.57 Å². The summed E-state index contributed by atoms with van der Waals surface area (Å²) in [6.45, 7) is 2.82. The van der Waals surface area contributed by atoms with Crippen LogP contribution < -0.4 is 16.0 Å². The molecule has 0 saturated carbocycles. The molecule has 1 heterocycles. The third-order valence-electron chi connectivity index (χ3n) is 3.04. The van der Waals surface area contributed by atoms with Crippen LogP contribution in [0.1, 0.15) is 12.5 Å². The van der Waals surface area contributed by atoms with Crippen LogP contribution in [0.15, 0.2) is 41.2 Å². The van der Waals surface area contributed by atoms with Crippen molar-refractivity contribution in [1.29, 1.82) is 0 Å². The Morgan fingerprint density at radius 3 is 2.74 bits per heavy atom. The molecule has 0 aliphatic rings. The van der Waals surface area contributed by atoms with Crippen molar-refractivity contribution in [3.8, 4) is 17.0 Å². The Bertz CT molecular complexity index is 632. The van der Waals surface area contributed by atoms with Gasteiger partial charge < -0.3 is 15.0 Å². The zero-order valence-electron chi connectivity index (χ0n) is 11.2. The number of aromatic nitrogens is 1. The number of pyridine rings is 1. The second-order valence-corrected chi connectivity index (χ2v) is 4.27. The van der Waals surface area contributed by atoms with Crippen molar-refractivity contribution < 1.29 is 4.74 Å². The maximum atomic E-state index is 12.1. The van der Waals surface area contributed by atoms with Crippen LogP contribution >= 0.6 is 0 Å². The summed E-state index contributed by atoms with van der Waals surface area (Å²) in [5.74, 6) is 0.801. The minimum absolute atomic E-state index is 0.0539. The number of rotatable bonds is 4. The van der Waals surface area contributed by atoms with Crippen LogP contribution in [0, 0.1) is 0 Å². The Labute approximate surface area is 112 Å². The molecule has 0 aliphatic carbocycles. The predicted octanol–water partition coefficient (Wildman–Crippen LogP) is 1.91. The van der Waals surface area contributed by atoms with Gasteiger partial charge in [0.2, 0.25) is 0 Å². The van der Waals surface area contributed by atoms with Gasteiger partial charge in [-0.25, -0.2) is 0 Å². The molecule has 4 heteroatoms. The highest BCUT2D eigenvalue weighted by Gasteiger charge is 2.07. The fraction of sp³-hybridized carbons (Fsp3) is 0.267. The van der Waals surface area contributed by atoms with Crippen LogP contribution in [0.5, 0.6) is 5.75 Å². The molecule has 4 nitrogen and oxygen atoms in total. The second kappa shape index (κ2) is 5.71. The third-order valence-corrected chi connectivity index (χ3v) is 3.04. The van der Waals surface area contributed by atoms with E-state index in [1.807, 2.05) is 37.3 Å². The molecule has 1 aromatic carbocycles. The van der Waals surface area contributed by atoms with Gasteiger partial charge in [0.1, 0.15) is 5.75 Å². The van der Waals surface area contributed by atoms with Crippen LogP contribution in [0.3, 0.4) is 0 Å². The van der Waals surface area contributed by atoms with E-state index in [1.54, 1.807) is 17.7 Å². The summed E-state index contributed by atoms with van der Waals surface area (Å²) >= 11 is 0. The largest absolute Gasteiger partial charge is 0.494 e. The summed E-state index contributed by atoms with van der Waals surface area (Å²) < 4.78 is 7.09. The number of ether oxygens (including phenoxy) is 1. The fourth-order valence-corrected chi connectivity index (χ4v) is 2.04. The molecule has 1 aromatic heterocycles. The molecule has 0 spiro atoms. The Morgan fingerprint density at radius 2 is 2.05 bits per heavy atom. The lowest BCUT2D eigenvalue weighted by Crippen LogP contribution is -2.23. The van der Waals surface area contributed by atoms with Crippen molar-refractivity contribution >= 4 is 0 Å². The molecule has 0 saturated heterocycles. The lowest BCUT2D eigenvalue weighted by Gasteiger charge is -2.11. The van der Waals surface area contributed by atoms with E-state index in [2.05, 4.69) is 0 Å². The highest BCUT2D eigenvalue weighted by molar-refractivity contribution is 5.61. The van der Waals surface area contributed by atoms with Crippen molar-refractivity contribution in [3.05, 3.63) is 52.3 Å². The first kappa shape index (κ1) is 13.4. The summed E-state index contributed by atoms with van der Waals surface area (Å²) in [6, 6.07) is 11.4. The molecule has 19 heavy (non-hydrogen) atoms. The van der Waals surface area contributed by atoms with Gasteiger partial charge in [-0.15, -0.1) is 0 Å². The highest BCUT2D eigenvalue weighted by Crippen LogP contribution is 2.22. The van der Waals surface area contributed by atoms with Gasteiger partial charge in [0.25, 0.3) is 5.56 Å². The minimum atomic E-state index is -0.0539. The van der Waals surface area contributed by atoms with Gasteiger partial charge in [0.15, 0.2) is 0 Å². The van der Waals surface area contributed by atoms with Gasteiger partial charge in [-0.3, -0.25) is 4.79 Å². The van der Waals surface area contributed by atoms with Crippen LogP contribution in [0.25, 0.3) is 11.3 Å². The van der Waals surface area contributed by atoms with E-state index >= 15 is 0 Å². The summed E-state index contributed by atoms with van der Waals surface area (Å²) in [5.41, 5.74) is 7.91. The molecule has 100 valence electrons. The maximum Gasteiger partial charge on any atom is 0.255 e. The summed E-state index contributed by atoms with van der Waals surface area (Å²) in [4.78, 5) is 12.1. The fourth-order valence-electron chi connectivity index (χ4n) is 2.04. The van der Waals surface area contributed by atoms with Gasteiger partial charge in [0.05, 0.1) is 12.3 Å². The van der Waals surface area contributed by atoms with E-state index in [4.69, 9.17) is 10.5 Å². The van der Waals surface area contributed by atoms with Crippen molar-refractivity contribution in [2.75, 3.05) is 6.61 Å². The lowest BCUT2D eigenvalue weighted by molar-refractivity contribution is 0.340. The lowest BCUT2D eigenvalue weighted by atomic mass is 10.1. The van der Waals surface area contributed by atoms with E-state index in [0.29, 0.717) is 12.2 Å². The van der Waals surface area contributed by atoms with E-state index in [1.165, 1.54) is 0 Å². The normalized spacial score (nSPS) is 10.5. The molecule has 0 atom stereocenters. The second-order valence-electron chi connectivity index (χ2n) is 4.27. The molecule has 0 aliphatic heterocycles. The van der Waals surface area contributed by atoms with Gasteiger partial charge in [0, 0.05) is 24.7 Å². The molecular weight excluding hydrogens is 240 g/mol. The zero-order chi connectivity index (χ0) is 13.8. The Hall–Kier alpha value is -2.07. The van der Waals surface area contributed by atoms with E-state index in [0.717, 1.165) is 17.0 Å². The van der Waals surface area contributed by atoms with Crippen LogP contribution in [0.2, 0.25) is 0 Å². The maximum absolute atomic E-state index is 12.1. The summed E-state index contributed by atoms with van der Waals surface area (Å²) in [7, 11) is 1.75. The van der Waals surface area contributed by atoms with Gasteiger partial charge in [-0.05, 0) is 25.1 Å².